The van der Waals surface area contributed by atoms with E-state index in [4.69, 9.17) is 5.73 Å². The summed E-state index contributed by atoms with van der Waals surface area (Å²) in [5.74, 6) is 1.22. The van der Waals surface area contributed by atoms with E-state index in [1.54, 1.807) is 0 Å². The van der Waals surface area contributed by atoms with Gasteiger partial charge in [-0.15, -0.1) is 0 Å². The van der Waals surface area contributed by atoms with Crippen LogP contribution >= 0.6 is 11.8 Å². The molecule has 0 saturated carbocycles. The molecule has 1 fully saturated rings. The van der Waals surface area contributed by atoms with E-state index in [9.17, 15) is 0 Å². The first kappa shape index (κ1) is 14.7. The lowest BCUT2D eigenvalue weighted by Crippen LogP contribution is -2.45. The van der Waals surface area contributed by atoms with Crippen LogP contribution in [0.4, 0.5) is 5.69 Å². The number of hydrogen-bond acceptors (Lipinski definition) is 3. The summed E-state index contributed by atoms with van der Waals surface area (Å²) < 4.78 is 0. The van der Waals surface area contributed by atoms with E-state index < -0.39 is 0 Å². The van der Waals surface area contributed by atoms with Crippen LogP contribution in [0, 0.1) is 6.92 Å². The Labute approximate surface area is 121 Å². The molecular weight excluding hydrogens is 252 g/mol. The van der Waals surface area contributed by atoms with Crippen molar-refractivity contribution in [2.45, 2.75) is 51.4 Å². The maximum absolute atomic E-state index is 6.01. The lowest BCUT2D eigenvalue weighted by atomic mass is 10.0. The smallest absolute Gasteiger partial charge is 0.0402 e. The highest BCUT2D eigenvalue weighted by atomic mass is 32.2. The Morgan fingerprint density at radius 2 is 2.16 bits per heavy atom. The minimum Gasteiger partial charge on any atom is -0.367 e. The summed E-state index contributed by atoms with van der Waals surface area (Å²) in [6.45, 7) is 10.1. The summed E-state index contributed by atoms with van der Waals surface area (Å²) >= 11 is 2.08. The van der Waals surface area contributed by atoms with E-state index in [0.29, 0.717) is 11.3 Å². The quantitative estimate of drug-likeness (QED) is 0.920. The minimum atomic E-state index is 0.215. The zero-order chi connectivity index (χ0) is 14.0. The average molecular weight is 278 g/mol. The molecular formula is C16H26N2S. The maximum atomic E-state index is 6.01. The third-order valence-corrected chi connectivity index (χ3v) is 5.31. The standard InChI is InChI=1S/C16H26N2S/c1-11-5-6-16(15(9-11)10-12(2)17)18-7-8-19-14(4)13(18)3/h5-6,9,12-14H,7-8,10,17H2,1-4H3. The first-order chi connectivity index (χ1) is 8.99. The molecule has 1 aliphatic heterocycles. The molecule has 19 heavy (non-hydrogen) atoms. The molecule has 106 valence electrons. The van der Waals surface area contributed by atoms with Gasteiger partial charge in [0.1, 0.15) is 0 Å². The van der Waals surface area contributed by atoms with Crippen LogP contribution in [0.2, 0.25) is 0 Å². The van der Waals surface area contributed by atoms with Gasteiger partial charge in [0.15, 0.2) is 0 Å². The Morgan fingerprint density at radius 1 is 1.42 bits per heavy atom. The first-order valence-corrected chi connectivity index (χ1v) is 8.27. The molecule has 1 saturated heterocycles. The van der Waals surface area contributed by atoms with Crippen molar-refractivity contribution in [1.82, 2.24) is 0 Å². The third kappa shape index (κ3) is 3.46. The number of rotatable bonds is 3. The minimum absolute atomic E-state index is 0.215. The molecule has 0 aromatic heterocycles. The van der Waals surface area contributed by atoms with E-state index >= 15 is 0 Å². The summed E-state index contributed by atoms with van der Waals surface area (Å²) in [6, 6.07) is 7.61. The summed E-state index contributed by atoms with van der Waals surface area (Å²) in [5.41, 5.74) is 10.1. The molecule has 0 radical (unpaired) electrons. The van der Waals surface area contributed by atoms with E-state index in [1.807, 2.05) is 0 Å². The fourth-order valence-corrected chi connectivity index (χ4v) is 3.88. The van der Waals surface area contributed by atoms with Crippen LogP contribution in [-0.4, -0.2) is 29.6 Å². The van der Waals surface area contributed by atoms with Crippen LogP contribution in [0.25, 0.3) is 0 Å². The second-order valence-electron chi connectivity index (χ2n) is 5.82. The van der Waals surface area contributed by atoms with Crippen molar-refractivity contribution in [3.8, 4) is 0 Å². The summed E-state index contributed by atoms with van der Waals surface area (Å²) in [4.78, 5) is 2.57. The number of thioether (sulfide) groups is 1. The Kier molecular flexibility index (Phi) is 4.80. The molecule has 0 spiro atoms. The largest absolute Gasteiger partial charge is 0.367 e. The van der Waals surface area contributed by atoms with Crippen molar-refractivity contribution in [1.29, 1.82) is 0 Å². The van der Waals surface area contributed by atoms with E-state index in [-0.39, 0.29) is 6.04 Å². The highest BCUT2D eigenvalue weighted by Crippen LogP contribution is 2.32. The van der Waals surface area contributed by atoms with Crippen molar-refractivity contribution < 1.29 is 0 Å². The van der Waals surface area contributed by atoms with Gasteiger partial charge < -0.3 is 10.6 Å². The van der Waals surface area contributed by atoms with Gasteiger partial charge in [0.05, 0.1) is 0 Å². The SMILES string of the molecule is Cc1ccc(N2CCSC(C)C2C)c(CC(C)N)c1. The Hall–Kier alpha value is -0.670. The molecule has 0 bridgehead atoms. The second-order valence-corrected chi connectivity index (χ2v) is 7.31. The molecule has 0 aliphatic carbocycles. The highest BCUT2D eigenvalue weighted by molar-refractivity contribution is 8.00. The van der Waals surface area contributed by atoms with Gasteiger partial charge in [-0.2, -0.15) is 11.8 Å². The third-order valence-electron chi connectivity index (χ3n) is 3.97. The molecule has 3 heteroatoms. The predicted octanol–water partition coefficient (Wildman–Crippen LogP) is 3.21. The van der Waals surface area contributed by atoms with Crippen molar-refractivity contribution in [2.24, 2.45) is 5.73 Å². The molecule has 2 rings (SSSR count). The van der Waals surface area contributed by atoms with Crippen LogP contribution in [-0.2, 0) is 6.42 Å². The van der Waals surface area contributed by atoms with E-state index in [0.717, 1.165) is 13.0 Å². The molecule has 2 nitrogen and oxygen atoms in total. The van der Waals surface area contributed by atoms with Gasteiger partial charge in [-0.05, 0) is 38.8 Å². The Bertz CT molecular complexity index is 431. The summed E-state index contributed by atoms with van der Waals surface area (Å²) in [6.07, 6.45) is 0.960. The molecule has 1 aliphatic rings. The molecule has 2 N–H and O–H groups in total. The monoisotopic (exact) mass is 278 g/mol. The topological polar surface area (TPSA) is 29.3 Å². The summed E-state index contributed by atoms with van der Waals surface area (Å²) in [5, 5.41) is 0.693. The Balaban J connectivity index is 2.32. The van der Waals surface area contributed by atoms with Crippen molar-refractivity contribution in [2.75, 3.05) is 17.2 Å². The zero-order valence-corrected chi connectivity index (χ0v) is 13.3. The predicted molar refractivity (Wildman–Crippen MR) is 87.3 cm³/mol. The van der Waals surface area contributed by atoms with Gasteiger partial charge >= 0.3 is 0 Å². The van der Waals surface area contributed by atoms with Gasteiger partial charge in [-0.25, -0.2) is 0 Å². The number of aryl methyl sites for hydroxylation is 1. The molecule has 1 heterocycles. The van der Waals surface area contributed by atoms with Crippen LogP contribution in [0.5, 0.6) is 0 Å². The fraction of sp³-hybridized carbons (Fsp3) is 0.625. The van der Waals surface area contributed by atoms with Crippen LogP contribution in [0.3, 0.4) is 0 Å². The van der Waals surface area contributed by atoms with Gasteiger partial charge in [0.25, 0.3) is 0 Å². The Morgan fingerprint density at radius 3 is 2.84 bits per heavy atom. The van der Waals surface area contributed by atoms with Gasteiger partial charge in [0, 0.05) is 35.3 Å². The molecule has 0 amide bonds. The maximum Gasteiger partial charge on any atom is 0.0402 e. The number of nitrogens with zero attached hydrogens (tertiary/aromatic N) is 1. The van der Waals surface area contributed by atoms with Crippen LogP contribution in [0.15, 0.2) is 18.2 Å². The van der Waals surface area contributed by atoms with Crippen LogP contribution in [0.1, 0.15) is 31.9 Å². The second kappa shape index (κ2) is 6.19. The number of benzene rings is 1. The molecule has 3 unspecified atom stereocenters. The first-order valence-electron chi connectivity index (χ1n) is 7.22. The van der Waals surface area contributed by atoms with Crippen molar-refractivity contribution in [3.05, 3.63) is 29.3 Å². The lowest BCUT2D eigenvalue weighted by Gasteiger charge is -2.40. The van der Waals surface area contributed by atoms with Gasteiger partial charge in [0.2, 0.25) is 0 Å². The zero-order valence-electron chi connectivity index (χ0n) is 12.5. The molecule has 1 aromatic carbocycles. The summed E-state index contributed by atoms with van der Waals surface area (Å²) in [7, 11) is 0. The van der Waals surface area contributed by atoms with Crippen molar-refractivity contribution >= 4 is 17.4 Å². The van der Waals surface area contributed by atoms with Crippen LogP contribution < -0.4 is 10.6 Å². The molecule has 1 aromatic rings. The van der Waals surface area contributed by atoms with Gasteiger partial charge in [-0.1, -0.05) is 24.6 Å². The number of hydrogen-bond donors (Lipinski definition) is 1. The number of nitrogens with two attached hydrogens (primary N) is 1. The highest BCUT2D eigenvalue weighted by Gasteiger charge is 2.26. The van der Waals surface area contributed by atoms with Gasteiger partial charge in [-0.3, -0.25) is 0 Å². The average Bonchev–Trinajstić information content (AvgIpc) is 2.33. The normalized spacial score (nSPS) is 25.4. The lowest BCUT2D eigenvalue weighted by molar-refractivity contribution is 0.621. The molecule has 3 atom stereocenters. The van der Waals surface area contributed by atoms with E-state index in [2.05, 4.69) is 62.6 Å². The van der Waals surface area contributed by atoms with Crippen molar-refractivity contribution in [3.63, 3.8) is 0 Å². The fourth-order valence-electron chi connectivity index (χ4n) is 2.78. The number of anilines is 1. The van der Waals surface area contributed by atoms with E-state index in [1.165, 1.54) is 22.6 Å².